The number of rotatable bonds is 0. The molecule has 0 aromatic heterocycles. The molecule has 0 bridgehead atoms. The Balaban J connectivity index is 1.74. The van der Waals surface area contributed by atoms with Crippen molar-refractivity contribution in [3.8, 4) is 0 Å². The summed E-state index contributed by atoms with van der Waals surface area (Å²) in [5, 5.41) is 23.4. The molecule has 3 saturated carbocycles. The minimum absolute atomic E-state index is 0.101. The van der Waals surface area contributed by atoms with Crippen LogP contribution in [0.3, 0.4) is 0 Å². The molecule has 1 heterocycles. The highest BCUT2D eigenvalue weighted by atomic mass is 16.6. The minimum Gasteiger partial charge on any atom is -0.389 e. The lowest BCUT2D eigenvalue weighted by Gasteiger charge is -2.66. The summed E-state index contributed by atoms with van der Waals surface area (Å²) in [6.07, 6.45) is 9.96. The van der Waals surface area contributed by atoms with Gasteiger partial charge in [0.2, 0.25) is 0 Å². The van der Waals surface area contributed by atoms with Gasteiger partial charge in [-0.25, -0.2) is 0 Å². The fourth-order valence-corrected chi connectivity index (χ4v) is 6.64. The second kappa shape index (κ2) is 5.69. The molecule has 138 valence electrons. The summed E-state index contributed by atoms with van der Waals surface area (Å²) in [5.41, 5.74) is -1.02. The zero-order chi connectivity index (χ0) is 17.2. The molecule has 1 saturated heterocycles. The first kappa shape index (κ1) is 17.3. The van der Waals surface area contributed by atoms with Gasteiger partial charge in [-0.05, 0) is 75.5 Å². The largest absolute Gasteiger partial charge is 0.389 e. The van der Waals surface area contributed by atoms with Crippen molar-refractivity contribution in [2.24, 2.45) is 29.6 Å². The smallest absolute Gasteiger partial charge is 0.171 e. The Bertz CT molecular complexity index is 476. The van der Waals surface area contributed by atoms with Crippen molar-refractivity contribution < 1.29 is 14.9 Å². The molecule has 24 heavy (non-hydrogen) atoms. The highest BCUT2D eigenvalue weighted by Crippen LogP contribution is 2.62. The van der Waals surface area contributed by atoms with E-state index >= 15 is 0 Å². The summed E-state index contributed by atoms with van der Waals surface area (Å²) in [6, 6.07) is 0. The van der Waals surface area contributed by atoms with Crippen LogP contribution in [0.5, 0.6) is 0 Å². The van der Waals surface area contributed by atoms with Crippen molar-refractivity contribution in [1.82, 2.24) is 0 Å². The van der Waals surface area contributed by atoms with Crippen molar-refractivity contribution in [2.75, 3.05) is 0 Å². The van der Waals surface area contributed by atoms with Crippen LogP contribution in [0.4, 0.5) is 0 Å². The van der Waals surface area contributed by atoms with Gasteiger partial charge in [-0.1, -0.05) is 20.8 Å². The Labute approximate surface area is 147 Å². The molecule has 4 aliphatic rings. The predicted molar refractivity (Wildman–Crippen MR) is 94.4 cm³/mol. The molecule has 0 radical (unpaired) electrons. The highest BCUT2D eigenvalue weighted by molar-refractivity contribution is 5.14. The maximum absolute atomic E-state index is 11.9. The average molecular weight is 337 g/mol. The molecule has 6 atom stereocenters. The van der Waals surface area contributed by atoms with E-state index in [0.717, 1.165) is 63.7 Å². The van der Waals surface area contributed by atoms with E-state index in [0.29, 0.717) is 18.3 Å². The number of aliphatic hydroxyl groups is 2. The lowest BCUT2D eigenvalue weighted by atomic mass is 9.51. The molecule has 2 N–H and O–H groups in total. The lowest BCUT2D eigenvalue weighted by Crippen LogP contribution is -2.73. The maximum atomic E-state index is 11.9. The van der Waals surface area contributed by atoms with Crippen LogP contribution in [-0.4, -0.2) is 27.2 Å². The van der Waals surface area contributed by atoms with Crippen LogP contribution in [0.1, 0.15) is 85.0 Å². The van der Waals surface area contributed by atoms with Gasteiger partial charge in [0.15, 0.2) is 5.79 Å². The fourth-order valence-electron chi connectivity index (χ4n) is 6.64. The molecule has 1 aliphatic heterocycles. The Hall–Kier alpha value is -0.120. The summed E-state index contributed by atoms with van der Waals surface area (Å²) >= 11 is 0. The van der Waals surface area contributed by atoms with Gasteiger partial charge in [-0.15, -0.1) is 0 Å². The number of hydrogen-bond donors (Lipinski definition) is 2. The van der Waals surface area contributed by atoms with E-state index < -0.39 is 11.4 Å². The third kappa shape index (κ3) is 2.49. The van der Waals surface area contributed by atoms with Crippen molar-refractivity contribution in [2.45, 2.75) is 102 Å². The normalized spacial score (nSPS) is 58.1. The number of fused-ring (bicyclic) bond motifs is 4. The van der Waals surface area contributed by atoms with Crippen LogP contribution in [0, 0.1) is 29.6 Å². The molecule has 3 nitrogen and oxygen atoms in total. The highest BCUT2D eigenvalue weighted by Gasteiger charge is 2.68. The SMILES string of the molecule is CC1CCC2(CC1)O[C@]1(O)CC[C@H](C)C[C@@H]1[C@]1(O)CC[C@@H](C)C[C@H]21. The number of hydrogen-bond acceptors (Lipinski definition) is 3. The Morgan fingerprint density at radius 2 is 1.25 bits per heavy atom. The van der Waals surface area contributed by atoms with Gasteiger partial charge in [0.25, 0.3) is 0 Å². The molecule has 0 aromatic rings. The summed E-state index contributed by atoms with van der Waals surface area (Å²) in [7, 11) is 0. The molecule has 0 aromatic carbocycles. The second-order valence-corrected chi connectivity index (χ2v) is 10.0. The van der Waals surface area contributed by atoms with Gasteiger partial charge in [0, 0.05) is 18.3 Å². The van der Waals surface area contributed by atoms with Gasteiger partial charge >= 0.3 is 0 Å². The third-order valence-corrected chi connectivity index (χ3v) is 8.20. The summed E-state index contributed by atoms with van der Waals surface area (Å²) in [6.45, 7) is 6.91. The summed E-state index contributed by atoms with van der Waals surface area (Å²) < 4.78 is 6.68. The maximum Gasteiger partial charge on any atom is 0.171 e. The van der Waals surface area contributed by atoms with E-state index in [4.69, 9.17) is 4.74 Å². The third-order valence-electron chi connectivity index (χ3n) is 8.20. The Morgan fingerprint density at radius 1 is 0.708 bits per heavy atom. The van der Waals surface area contributed by atoms with Crippen LogP contribution >= 0.6 is 0 Å². The Morgan fingerprint density at radius 3 is 1.92 bits per heavy atom. The van der Waals surface area contributed by atoms with Crippen molar-refractivity contribution in [3.63, 3.8) is 0 Å². The van der Waals surface area contributed by atoms with E-state index in [2.05, 4.69) is 20.8 Å². The first-order chi connectivity index (χ1) is 11.3. The average Bonchev–Trinajstić information content (AvgIpc) is 2.54. The predicted octanol–water partition coefficient (Wildman–Crippen LogP) is 4.26. The lowest BCUT2D eigenvalue weighted by molar-refractivity contribution is -0.404. The molecule has 3 heteroatoms. The van der Waals surface area contributed by atoms with E-state index in [1.54, 1.807) is 0 Å². The van der Waals surface area contributed by atoms with Gasteiger partial charge < -0.3 is 14.9 Å². The zero-order valence-corrected chi connectivity index (χ0v) is 15.8. The fraction of sp³-hybridized carbons (Fsp3) is 1.00. The van der Waals surface area contributed by atoms with Crippen LogP contribution in [0.15, 0.2) is 0 Å². The van der Waals surface area contributed by atoms with Crippen LogP contribution in [0.2, 0.25) is 0 Å². The molecule has 3 aliphatic carbocycles. The summed E-state index contributed by atoms with van der Waals surface area (Å²) in [4.78, 5) is 0. The first-order valence-corrected chi connectivity index (χ1v) is 10.4. The van der Waals surface area contributed by atoms with Gasteiger partial charge in [0.1, 0.15) is 0 Å². The zero-order valence-electron chi connectivity index (χ0n) is 15.8. The quantitative estimate of drug-likeness (QED) is 0.695. The van der Waals surface area contributed by atoms with Gasteiger partial charge in [-0.3, -0.25) is 0 Å². The molecular formula is C21H36O3. The summed E-state index contributed by atoms with van der Waals surface area (Å²) in [5.74, 6) is 0.976. The molecule has 0 amide bonds. The molecule has 4 fully saturated rings. The van der Waals surface area contributed by atoms with E-state index in [9.17, 15) is 10.2 Å². The second-order valence-electron chi connectivity index (χ2n) is 10.0. The Kier molecular flexibility index (Phi) is 4.10. The van der Waals surface area contributed by atoms with Crippen molar-refractivity contribution in [3.05, 3.63) is 0 Å². The van der Waals surface area contributed by atoms with Crippen LogP contribution in [0.25, 0.3) is 0 Å². The van der Waals surface area contributed by atoms with Gasteiger partial charge in [0.05, 0.1) is 11.2 Å². The van der Waals surface area contributed by atoms with Gasteiger partial charge in [-0.2, -0.15) is 0 Å². The molecule has 1 spiro atoms. The monoisotopic (exact) mass is 336 g/mol. The topological polar surface area (TPSA) is 49.7 Å². The minimum atomic E-state index is -1.10. The standard InChI is InChI=1S/C21H36O3/c1-14-4-8-19(9-5-14)17-12-15(2)6-10-20(17,22)18-13-16(3)7-11-21(18,23)24-19/h14-18,22-23H,4-13H2,1-3H3/t14?,15-,16+,17-,18-,19?,20+,21-/m1/s1. The van der Waals surface area contributed by atoms with Crippen LogP contribution < -0.4 is 0 Å². The van der Waals surface area contributed by atoms with E-state index in [1.165, 1.54) is 0 Å². The molecule has 4 rings (SSSR count). The first-order valence-electron chi connectivity index (χ1n) is 10.4. The van der Waals surface area contributed by atoms with E-state index in [-0.39, 0.29) is 17.4 Å². The van der Waals surface area contributed by atoms with E-state index in [1.807, 2.05) is 0 Å². The van der Waals surface area contributed by atoms with Crippen LogP contribution in [-0.2, 0) is 4.74 Å². The van der Waals surface area contributed by atoms with Crippen molar-refractivity contribution >= 4 is 0 Å². The van der Waals surface area contributed by atoms with Crippen molar-refractivity contribution in [1.29, 1.82) is 0 Å². The molecule has 0 unspecified atom stereocenters. The molecular weight excluding hydrogens is 300 g/mol. The number of ether oxygens (including phenoxy) is 1.